The molecule has 0 bridgehead atoms. The fraction of sp³-hybridized carbons (Fsp3) is 0.667. The van der Waals surface area contributed by atoms with Gasteiger partial charge < -0.3 is 4.90 Å². The molecule has 1 fully saturated rings. The Bertz CT molecular complexity index is 646. The lowest BCUT2D eigenvalue weighted by Gasteiger charge is -2.42. The largest absolute Gasteiger partial charge is 0.345 e. The normalized spacial score (nSPS) is 27.2. The molecule has 98 valence electrons. The number of hydrogen-bond donors (Lipinski definition) is 1. The molecule has 6 nitrogen and oxygen atoms in total. The van der Waals surface area contributed by atoms with Gasteiger partial charge in [-0.15, -0.1) is 0 Å². The van der Waals surface area contributed by atoms with Crippen LogP contribution in [0.1, 0.15) is 25.8 Å². The summed E-state index contributed by atoms with van der Waals surface area (Å²) in [6.45, 7) is 3.61. The van der Waals surface area contributed by atoms with Crippen LogP contribution in [0.5, 0.6) is 0 Å². The van der Waals surface area contributed by atoms with Crippen molar-refractivity contribution in [1.82, 2.24) is 19.2 Å². The van der Waals surface area contributed by atoms with E-state index in [0.717, 1.165) is 25.9 Å². The molecule has 1 spiro atoms. The number of allylic oxidation sites excluding steroid dienone is 2. The minimum absolute atomic E-state index is 0.183. The van der Waals surface area contributed by atoms with Crippen molar-refractivity contribution < 1.29 is 1.41 Å². The number of fused-ring (bicyclic) bond motifs is 2. The number of aromatic nitrogens is 3. The molecule has 2 aliphatic heterocycles. The summed E-state index contributed by atoms with van der Waals surface area (Å²) < 4.78 is 10.5. The molecule has 0 amide bonds. The van der Waals surface area contributed by atoms with E-state index in [0.29, 0.717) is 4.98 Å². The molecule has 3 rings (SSSR count). The van der Waals surface area contributed by atoms with Crippen molar-refractivity contribution in [3.63, 3.8) is 0 Å². The summed E-state index contributed by atoms with van der Waals surface area (Å²) in [6.07, 6.45) is 5.59. The van der Waals surface area contributed by atoms with Crippen LogP contribution >= 0.6 is 0 Å². The number of hydrogen-bond acceptors (Lipinski definition) is 3. The molecule has 1 aromatic heterocycles. The average Bonchev–Trinajstić information content (AvgIpc) is 2.63. The van der Waals surface area contributed by atoms with Gasteiger partial charge in [0.1, 0.15) is 0 Å². The molecule has 1 atom stereocenters. The summed E-state index contributed by atoms with van der Waals surface area (Å²) in [5, 5.41) is 0. The van der Waals surface area contributed by atoms with Crippen LogP contribution in [-0.2, 0) is 5.54 Å². The van der Waals surface area contributed by atoms with E-state index in [9.17, 15) is 9.59 Å². The molecule has 18 heavy (non-hydrogen) atoms. The number of piperidine rings is 1. The lowest BCUT2D eigenvalue weighted by molar-refractivity contribution is 0.126. The molecule has 1 unspecified atom stereocenters. The van der Waals surface area contributed by atoms with Gasteiger partial charge in [0.2, 0.25) is 0 Å². The van der Waals surface area contributed by atoms with E-state index >= 15 is 0 Å². The lowest BCUT2D eigenvalue weighted by Crippen LogP contribution is -2.52. The molecular weight excluding hydrogens is 232 g/mol. The van der Waals surface area contributed by atoms with Crippen molar-refractivity contribution in [3.8, 4) is 0 Å². The Morgan fingerprint density at radius 3 is 2.72 bits per heavy atom. The van der Waals surface area contributed by atoms with Crippen molar-refractivity contribution in [2.24, 2.45) is 0 Å². The van der Waals surface area contributed by atoms with Crippen LogP contribution in [0.2, 0.25) is 1.41 Å². The van der Waals surface area contributed by atoms with Gasteiger partial charge in [0.15, 0.2) is 1.41 Å². The van der Waals surface area contributed by atoms with E-state index in [2.05, 4.69) is 4.90 Å². The Kier molecular flexibility index (Phi) is 2.14. The van der Waals surface area contributed by atoms with E-state index in [1.165, 1.54) is 9.36 Å². The van der Waals surface area contributed by atoms with Crippen molar-refractivity contribution in [1.29, 1.82) is 0 Å². The van der Waals surface area contributed by atoms with Gasteiger partial charge in [-0.3, -0.25) is 4.98 Å². The van der Waals surface area contributed by atoms with Crippen LogP contribution in [0.15, 0.2) is 21.7 Å². The fourth-order valence-electron chi connectivity index (χ4n) is 2.97. The molecule has 6 heteroatoms. The number of likely N-dealkylation sites (tertiary alicyclic amines) is 1. The second-order valence-electron chi connectivity index (χ2n) is 5.34. The topological polar surface area (TPSA) is 63.0 Å². The number of aromatic amines is 1. The predicted molar refractivity (Wildman–Crippen MR) is 67.9 cm³/mol. The molecule has 0 aliphatic carbocycles. The van der Waals surface area contributed by atoms with E-state index in [-0.39, 0.29) is 6.04 Å². The van der Waals surface area contributed by atoms with Gasteiger partial charge in [0.05, 0.1) is 11.6 Å². The first kappa shape index (κ1) is 10.4. The van der Waals surface area contributed by atoms with Crippen LogP contribution in [0.3, 0.4) is 0 Å². The van der Waals surface area contributed by atoms with Gasteiger partial charge in [-0.2, -0.15) is 0 Å². The fourth-order valence-corrected chi connectivity index (χ4v) is 2.97. The highest BCUT2D eigenvalue weighted by molar-refractivity contribution is 5.12. The second-order valence-corrected chi connectivity index (χ2v) is 5.34. The highest BCUT2D eigenvalue weighted by Gasteiger charge is 2.39. The Morgan fingerprint density at radius 2 is 2.06 bits per heavy atom. The molecule has 3 heterocycles. The summed E-state index contributed by atoms with van der Waals surface area (Å²) >= 11 is 0. The Labute approximate surface area is 106 Å². The highest BCUT2D eigenvalue weighted by Crippen LogP contribution is 2.33. The van der Waals surface area contributed by atoms with Crippen molar-refractivity contribution >= 4 is 0 Å². The van der Waals surface area contributed by atoms with Gasteiger partial charge >= 0.3 is 11.4 Å². The van der Waals surface area contributed by atoms with Crippen LogP contribution in [-0.4, -0.2) is 39.4 Å². The third-order valence-corrected chi connectivity index (χ3v) is 4.13. The van der Waals surface area contributed by atoms with Crippen LogP contribution in [0, 0.1) is 0 Å². The second kappa shape index (κ2) is 3.71. The summed E-state index contributed by atoms with van der Waals surface area (Å²) in [7, 11) is 2.05. The van der Waals surface area contributed by atoms with Gasteiger partial charge in [0, 0.05) is 13.1 Å². The first-order valence-corrected chi connectivity index (χ1v) is 6.30. The summed E-state index contributed by atoms with van der Waals surface area (Å²) in [5.41, 5.74) is -1.53. The van der Waals surface area contributed by atoms with Gasteiger partial charge in [-0.25, -0.2) is 19.0 Å². The maximum atomic E-state index is 12.2. The standard InChI is InChI=1S/C12H18N4O2/c1-9-3-4-12(5-7-14(2)8-6-12)16-11(18)13-10(17)15(9)16/h3-4,9H,5-8H2,1-2H3,(H,13,17,18)/i/hT. The Morgan fingerprint density at radius 1 is 1.39 bits per heavy atom. The van der Waals surface area contributed by atoms with Crippen LogP contribution in [0.4, 0.5) is 0 Å². The van der Waals surface area contributed by atoms with E-state index in [1.54, 1.807) is 0 Å². The Hall–Kier alpha value is -1.56. The van der Waals surface area contributed by atoms with E-state index in [1.807, 2.05) is 26.1 Å². The zero-order valence-electron chi connectivity index (χ0n) is 11.7. The number of nitrogens with zero attached hydrogens (tertiary/aromatic N) is 3. The summed E-state index contributed by atoms with van der Waals surface area (Å²) in [5.74, 6) is 0. The quantitative estimate of drug-likeness (QED) is 0.655. The third-order valence-electron chi connectivity index (χ3n) is 4.13. The summed E-state index contributed by atoms with van der Waals surface area (Å²) in [4.78, 5) is 26.9. The molecule has 0 aromatic carbocycles. The van der Waals surface area contributed by atoms with Gasteiger partial charge in [-0.05, 0) is 26.8 Å². The number of nitrogens with one attached hydrogen (secondary N) is 1. The maximum absolute atomic E-state index is 12.2. The molecular formula is C12H18N4O2. The molecule has 1 N–H and O–H groups in total. The van der Waals surface area contributed by atoms with Crippen molar-refractivity contribution in [2.75, 3.05) is 20.1 Å². The zero-order chi connectivity index (χ0) is 13.8. The van der Waals surface area contributed by atoms with Crippen molar-refractivity contribution in [2.45, 2.75) is 31.3 Å². The lowest BCUT2D eigenvalue weighted by atomic mass is 9.86. The van der Waals surface area contributed by atoms with Gasteiger partial charge in [0.25, 0.3) is 0 Å². The first-order valence-electron chi connectivity index (χ1n) is 6.75. The van der Waals surface area contributed by atoms with Crippen LogP contribution < -0.4 is 11.4 Å². The van der Waals surface area contributed by atoms with Crippen molar-refractivity contribution in [3.05, 3.63) is 33.1 Å². The molecule has 1 aromatic rings. The average molecular weight is 252 g/mol. The highest BCUT2D eigenvalue weighted by atomic mass is 16.2. The van der Waals surface area contributed by atoms with Crippen LogP contribution in [0.25, 0.3) is 0 Å². The molecule has 2 aliphatic rings. The maximum Gasteiger partial charge on any atom is 0.345 e. The number of H-pyrrole nitrogens is 1. The SMILES string of the molecule is [3H]n1c(=O)n2n(c1=O)C1(C=CC2C)CCN(C)CC1. The minimum atomic E-state index is -0.555. The monoisotopic (exact) mass is 252 g/mol. The zero-order valence-corrected chi connectivity index (χ0v) is 10.7. The Balaban J connectivity index is 2.22. The third kappa shape index (κ3) is 1.45. The first-order chi connectivity index (χ1) is 8.96. The van der Waals surface area contributed by atoms with Gasteiger partial charge in [-0.1, -0.05) is 12.2 Å². The summed E-state index contributed by atoms with van der Waals surface area (Å²) in [6, 6.07) is -0.183. The molecule has 1 saturated heterocycles. The predicted octanol–water partition coefficient (Wildman–Crippen LogP) is -0.110. The number of rotatable bonds is 0. The minimum Gasteiger partial charge on any atom is -0.306 e. The van der Waals surface area contributed by atoms with E-state index in [4.69, 9.17) is 1.41 Å². The molecule has 0 saturated carbocycles. The van der Waals surface area contributed by atoms with E-state index < -0.39 is 16.9 Å². The smallest absolute Gasteiger partial charge is 0.306 e. The molecule has 0 radical (unpaired) electrons.